The number of hydrogen-bond donors (Lipinski definition) is 0. The van der Waals surface area contributed by atoms with Gasteiger partial charge in [0.25, 0.3) is 5.91 Å². The Morgan fingerprint density at radius 2 is 1.58 bits per heavy atom. The molecule has 0 unspecified atom stereocenters. The summed E-state index contributed by atoms with van der Waals surface area (Å²) in [5.41, 5.74) is 0. The molecule has 0 N–H and O–H groups in total. The van der Waals surface area contributed by atoms with Crippen LogP contribution < -0.4 is 4.74 Å². The lowest BCUT2D eigenvalue weighted by Crippen LogP contribution is -2.40. The predicted octanol–water partition coefficient (Wildman–Crippen LogP) is 1.44. The fraction of sp³-hybridized carbons (Fsp3) is 0.556. The average molecular weight is 385 g/mol. The van der Waals surface area contributed by atoms with E-state index in [9.17, 15) is 9.59 Å². The summed E-state index contributed by atoms with van der Waals surface area (Å²) in [4.78, 5) is 28.0. The lowest BCUT2D eigenvalue weighted by atomic mass is 10.3. The van der Waals surface area contributed by atoms with E-state index in [-0.39, 0.29) is 25.0 Å². The summed E-state index contributed by atoms with van der Waals surface area (Å²) in [6, 6.07) is 6.88. The number of rotatable bonds is 8. The molecule has 7 nitrogen and oxygen atoms in total. The maximum absolute atomic E-state index is 12.3. The smallest absolute Gasteiger partial charge is 0.260 e. The summed E-state index contributed by atoms with van der Waals surface area (Å²) in [5, 5.41) is 0.618. The monoisotopic (exact) mass is 384 g/mol. The molecule has 0 radical (unpaired) electrons. The second-order valence-electron chi connectivity index (χ2n) is 5.90. The molecule has 1 aromatic rings. The molecule has 0 atom stereocenters. The first-order chi connectivity index (χ1) is 12.6. The van der Waals surface area contributed by atoms with Crippen LogP contribution >= 0.6 is 11.6 Å². The molecule has 1 saturated heterocycles. The van der Waals surface area contributed by atoms with Gasteiger partial charge in [0.05, 0.1) is 13.2 Å². The van der Waals surface area contributed by atoms with Gasteiger partial charge in [0, 0.05) is 38.3 Å². The minimum atomic E-state index is -0.0920. The van der Waals surface area contributed by atoms with E-state index >= 15 is 0 Å². The van der Waals surface area contributed by atoms with Gasteiger partial charge in [-0.1, -0.05) is 11.6 Å². The van der Waals surface area contributed by atoms with Crippen molar-refractivity contribution in [3.8, 4) is 5.75 Å². The van der Waals surface area contributed by atoms with E-state index in [1.165, 1.54) is 0 Å². The molecular formula is C18H25ClN2O5. The highest BCUT2D eigenvalue weighted by molar-refractivity contribution is 6.30. The van der Waals surface area contributed by atoms with Crippen molar-refractivity contribution in [1.82, 2.24) is 9.80 Å². The molecule has 0 bridgehead atoms. The minimum Gasteiger partial charge on any atom is -0.484 e. The van der Waals surface area contributed by atoms with Crippen molar-refractivity contribution in [3.05, 3.63) is 29.3 Å². The highest BCUT2D eigenvalue weighted by Crippen LogP contribution is 2.15. The fourth-order valence-electron chi connectivity index (χ4n) is 2.58. The van der Waals surface area contributed by atoms with Crippen molar-refractivity contribution < 1.29 is 23.8 Å². The molecule has 8 heteroatoms. The third-order valence-electron chi connectivity index (χ3n) is 4.03. The first-order valence-electron chi connectivity index (χ1n) is 8.60. The first-order valence-corrected chi connectivity index (χ1v) is 8.98. The van der Waals surface area contributed by atoms with E-state index < -0.39 is 0 Å². The van der Waals surface area contributed by atoms with Gasteiger partial charge < -0.3 is 24.0 Å². The summed E-state index contributed by atoms with van der Waals surface area (Å²) < 4.78 is 15.7. The zero-order chi connectivity index (χ0) is 18.8. The van der Waals surface area contributed by atoms with E-state index in [0.29, 0.717) is 50.2 Å². The Morgan fingerprint density at radius 3 is 2.19 bits per heavy atom. The SMILES string of the molecule is COCCOCC(=O)N1CCCN(C(=O)COc2ccc(Cl)cc2)CC1. The number of amides is 2. The summed E-state index contributed by atoms with van der Waals surface area (Å²) in [6.45, 7) is 3.08. The highest BCUT2D eigenvalue weighted by Gasteiger charge is 2.22. The van der Waals surface area contributed by atoms with Crippen molar-refractivity contribution in [3.63, 3.8) is 0 Å². The van der Waals surface area contributed by atoms with E-state index in [4.69, 9.17) is 25.8 Å². The van der Waals surface area contributed by atoms with E-state index in [1.807, 2.05) is 0 Å². The molecule has 2 amide bonds. The van der Waals surface area contributed by atoms with Gasteiger partial charge in [-0.2, -0.15) is 0 Å². The van der Waals surface area contributed by atoms with Gasteiger partial charge in [0.2, 0.25) is 5.91 Å². The molecule has 1 heterocycles. The number of carbonyl (C=O) groups is 2. The second-order valence-corrected chi connectivity index (χ2v) is 6.34. The molecule has 1 aliphatic heterocycles. The van der Waals surface area contributed by atoms with Crippen LogP contribution in [0.15, 0.2) is 24.3 Å². The van der Waals surface area contributed by atoms with Crippen LogP contribution in [0.2, 0.25) is 5.02 Å². The van der Waals surface area contributed by atoms with E-state index in [2.05, 4.69) is 0 Å². The van der Waals surface area contributed by atoms with Gasteiger partial charge in [0.1, 0.15) is 12.4 Å². The standard InChI is InChI=1S/C18H25ClN2O5/c1-24-11-12-25-13-17(22)20-7-2-8-21(10-9-20)18(23)14-26-16-5-3-15(19)4-6-16/h3-6H,2,7-14H2,1H3. The number of nitrogens with zero attached hydrogens (tertiary/aromatic N) is 2. The Kier molecular flexibility index (Phi) is 8.67. The van der Waals surface area contributed by atoms with E-state index in [1.54, 1.807) is 41.2 Å². The van der Waals surface area contributed by atoms with Gasteiger partial charge in [-0.25, -0.2) is 0 Å². The molecule has 1 aromatic carbocycles. The van der Waals surface area contributed by atoms with Crippen LogP contribution in [0.1, 0.15) is 6.42 Å². The Morgan fingerprint density at radius 1 is 0.962 bits per heavy atom. The normalized spacial score (nSPS) is 14.8. The van der Waals surface area contributed by atoms with Gasteiger partial charge in [0.15, 0.2) is 6.61 Å². The van der Waals surface area contributed by atoms with Crippen molar-refractivity contribution in [2.45, 2.75) is 6.42 Å². The Balaban J connectivity index is 1.73. The van der Waals surface area contributed by atoms with E-state index in [0.717, 1.165) is 6.42 Å². The Bertz CT molecular complexity index is 581. The van der Waals surface area contributed by atoms with Gasteiger partial charge in [-0.15, -0.1) is 0 Å². The molecule has 26 heavy (non-hydrogen) atoms. The van der Waals surface area contributed by atoms with Gasteiger partial charge >= 0.3 is 0 Å². The zero-order valence-electron chi connectivity index (χ0n) is 15.0. The van der Waals surface area contributed by atoms with Crippen molar-refractivity contribution >= 4 is 23.4 Å². The summed E-state index contributed by atoms with van der Waals surface area (Å²) in [5.74, 6) is 0.445. The number of benzene rings is 1. The largest absolute Gasteiger partial charge is 0.484 e. The molecule has 0 spiro atoms. The summed E-state index contributed by atoms with van der Waals surface area (Å²) in [7, 11) is 1.59. The Hall–Kier alpha value is -1.83. The topological polar surface area (TPSA) is 68.3 Å². The van der Waals surface area contributed by atoms with Crippen LogP contribution in [-0.2, 0) is 19.1 Å². The zero-order valence-corrected chi connectivity index (χ0v) is 15.7. The molecule has 0 aliphatic carbocycles. The molecule has 2 rings (SSSR count). The molecule has 144 valence electrons. The molecular weight excluding hydrogens is 360 g/mol. The average Bonchev–Trinajstić information content (AvgIpc) is 2.91. The van der Waals surface area contributed by atoms with Crippen LogP contribution in [0, 0.1) is 0 Å². The summed E-state index contributed by atoms with van der Waals surface area (Å²) >= 11 is 5.82. The van der Waals surface area contributed by atoms with Gasteiger partial charge in [-0.3, -0.25) is 9.59 Å². The molecule has 1 fully saturated rings. The maximum atomic E-state index is 12.3. The van der Waals surface area contributed by atoms with Crippen LogP contribution in [0.25, 0.3) is 0 Å². The number of hydrogen-bond acceptors (Lipinski definition) is 5. The molecule has 0 saturated carbocycles. The second kappa shape index (κ2) is 11.0. The van der Waals surface area contributed by atoms with Crippen LogP contribution in [-0.4, -0.2) is 81.3 Å². The number of ether oxygens (including phenoxy) is 3. The number of carbonyl (C=O) groups excluding carboxylic acids is 2. The fourth-order valence-corrected chi connectivity index (χ4v) is 2.70. The third-order valence-corrected chi connectivity index (χ3v) is 4.29. The lowest BCUT2D eigenvalue weighted by Gasteiger charge is -2.22. The van der Waals surface area contributed by atoms with Crippen LogP contribution in [0.4, 0.5) is 0 Å². The quantitative estimate of drug-likeness (QED) is 0.634. The van der Waals surface area contributed by atoms with Gasteiger partial charge in [-0.05, 0) is 30.7 Å². The van der Waals surface area contributed by atoms with Crippen molar-refractivity contribution in [2.24, 2.45) is 0 Å². The minimum absolute atomic E-state index is 0.0320. The molecule has 0 aromatic heterocycles. The predicted molar refractivity (Wildman–Crippen MR) is 97.4 cm³/mol. The lowest BCUT2D eigenvalue weighted by molar-refractivity contribution is -0.137. The molecule has 1 aliphatic rings. The third kappa shape index (κ3) is 6.82. The summed E-state index contributed by atoms with van der Waals surface area (Å²) in [6.07, 6.45) is 0.733. The van der Waals surface area contributed by atoms with Crippen molar-refractivity contribution in [2.75, 3.05) is 59.7 Å². The maximum Gasteiger partial charge on any atom is 0.260 e. The Labute approximate surface area is 158 Å². The van der Waals surface area contributed by atoms with Crippen LogP contribution in [0.5, 0.6) is 5.75 Å². The number of methoxy groups -OCH3 is 1. The first kappa shape index (κ1) is 20.5. The highest BCUT2D eigenvalue weighted by atomic mass is 35.5. The van der Waals surface area contributed by atoms with Crippen molar-refractivity contribution in [1.29, 1.82) is 0 Å². The number of halogens is 1. The van der Waals surface area contributed by atoms with Crippen LogP contribution in [0.3, 0.4) is 0 Å².